The van der Waals surface area contributed by atoms with E-state index in [2.05, 4.69) is 32.1 Å². The lowest BCUT2D eigenvalue weighted by Crippen LogP contribution is -2.23. The predicted molar refractivity (Wildman–Crippen MR) is 107 cm³/mol. The van der Waals surface area contributed by atoms with Crippen molar-refractivity contribution in [3.63, 3.8) is 0 Å². The Labute approximate surface area is 165 Å². The van der Waals surface area contributed by atoms with Crippen LogP contribution >= 0.6 is 23.4 Å². The molecule has 3 aromatic heterocycles. The lowest BCUT2D eigenvalue weighted by molar-refractivity contribution is -0.115. The minimum absolute atomic E-state index is 0.200. The highest BCUT2D eigenvalue weighted by molar-refractivity contribution is 8.00. The van der Waals surface area contributed by atoms with E-state index in [1.807, 2.05) is 16.7 Å². The molecule has 0 aliphatic rings. The van der Waals surface area contributed by atoms with E-state index in [1.54, 1.807) is 43.7 Å². The summed E-state index contributed by atoms with van der Waals surface area (Å²) in [6.07, 6.45) is 6.72. The summed E-state index contributed by atoms with van der Waals surface area (Å²) in [6.45, 7) is 6.11. The molecule has 7 nitrogen and oxygen atoms in total. The van der Waals surface area contributed by atoms with Gasteiger partial charge in [-0.25, -0.2) is 4.98 Å². The molecule has 3 rings (SSSR count). The molecule has 27 heavy (non-hydrogen) atoms. The standard InChI is InChI=1S/C18H17ClN6OS/c1-3-11-25-16(13-6-9-20-10-7-13)23-24-18(25)27-12(2)17(26)22-14-5-4-8-21-15(14)19/h3-10,12H,1,11H2,2H3,(H,22,26)/t12-/m0/s1. The van der Waals surface area contributed by atoms with E-state index in [1.165, 1.54) is 11.8 Å². The summed E-state index contributed by atoms with van der Waals surface area (Å²) in [5.74, 6) is 0.497. The second-order valence-electron chi connectivity index (χ2n) is 5.53. The van der Waals surface area contributed by atoms with E-state index in [-0.39, 0.29) is 11.1 Å². The number of pyridine rings is 2. The fourth-order valence-electron chi connectivity index (χ4n) is 2.31. The fourth-order valence-corrected chi connectivity index (χ4v) is 3.33. The predicted octanol–water partition coefficient (Wildman–Crippen LogP) is 3.69. The fraction of sp³-hybridized carbons (Fsp3) is 0.167. The number of allylic oxidation sites excluding steroid dienone is 1. The zero-order valence-electron chi connectivity index (χ0n) is 14.5. The van der Waals surface area contributed by atoms with Crippen LogP contribution < -0.4 is 5.32 Å². The number of carbonyl (C=O) groups excluding carboxylic acids is 1. The van der Waals surface area contributed by atoms with E-state index in [0.29, 0.717) is 23.2 Å². The number of nitrogens with zero attached hydrogens (tertiary/aromatic N) is 5. The average Bonchev–Trinajstić information content (AvgIpc) is 3.07. The van der Waals surface area contributed by atoms with Crippen LogP contribution in [0.1, 0.15) is 6.92 Å². The van der Waals surface area contributed by atoms with Crippen LogP contribution in [0, 0.1) is 0 Å². The summed E-state index contributed by atoms with van der Waals surface area (Å²) in [6, 6.07) is 7.13. The SMILES string of the molecule is C=CCn1c(S[C@@H](C)C(=O)Nc2cccnc2Cl)nnc1-c1ccncc1. The van der Waals surface area contributed by atoms with Gasteiger partial charge in [0.1, 0.15) is 0 Å². The maximum atomic E-state index is 12.5. The molecule has 0 spiro atoms. The molecule has 0 aromatic carbocycles. The summed E-state index contributed by atoms with van der Waals surface area (Å²) < 4.78 is 1.91. The van der Waals surface area contributed by atoms with Crippen molar-refractivity contribution in [2.45, 2.75) is 23.9 Å². The Morgan fingerprint density at radius 1 is 1.33 bits per heavy atom. The first-order valence-corrected chi connectivity index (χ1v) is 9.38. The van der Waals surface area contributed by atoms with Gasteiger partial charge < -0.3 is 5.32 Å². The Bertz CT molecular complexity index is 946. The normalized spacial score (nSPS) is 11.8. The zero-order valence-corrected chi connectivity index (χ0v) is 16.1. The van der Waals surface area contributed by atoms with Crippen LogP contribution in [-0.2, 0) is 11.3 Å². The Hall–Kier alpha value is -2.71. The molecule has 1 amide bonds. The third-order valence-electron chi connectivity index (χ3n) is 3.64. The van der Waals surface area contributed by atoms with Crippen molar-refractivity contribution in [1.82, 2.24) is 24.7 Å². The van der Waals surface area contributed by atoms with Crippen LogP contribution in [0.4, 0.5) is 5.69 Å². The van der Waals surface area contributed by atoms with Gasteiger partial charge in [-0.05, 0) is 31.2 Å². The van der Waals surface area contributed by atoms with Gasteiger partial charge in [-0.3, -0.25) is 14.3 Å². The Balaban J connectivity index is 1.78. The molecule has 0 aliphatic carbocycles. The molecular formula is C18H17ClN6OS. The molecule has 0 saturated carbocycles. The van der Waals surface area contributed by atoms with E-state index in [9.17, 15) is 4.79 Å². The second kappa shape index (κ2) is 8.79. The molecule has 0 aliphatic heterocycles. The van der Waals surface area contributed by atoms with Gasteiger partial charge in [0.15, 0.2) is 16.1 Å². The average molecular weight is 401 g/mol. The van der Waals surface area contributed by atoms with Gasteiger partial charge in [0.25, 0.3) is 0 Å². The third-order valence-corrected chi connectivity index (χ3v) is 5.02. The molecule has 138 valence electrons. The van der Waals surface area contributed by atoms with Crippen molar-refractivity contribution in [3.8, 4) is 11.4 Å². The number of hydrogen-bond donors (Lipinski definition) is 1. The van der Waals surface area contributed by atoms with Gasteiger partial charge in [0, 0.05) is 30.7 Å². The number of aromatic nitrogens is 5. The Morgan fingerprint density at radius 3 is 2.81 bits per heavy atom. The topological polar surface area (TPSA) is 85.6 Å². The maximum absolute atomic E-state index is 12.5. The van der Waals surface area contributed by atoms with Crippen molar-refractivity contribution in [3.05, 3.63) is 60.7 Å². The van der Waals surface area contributed by atoms with Gasteiger partial charge in [-0.15, -0.1) is 16.8 Å². The van der Waals surface area contributed by atoms with E-state index in [4.69, 9.17) is 11.6 Å². The van der Waals surface area contributed by atoms with Crippen LogP contribution in [0.15, 0.2) is 60.7 Å². The lowest BCUT2D eigenvalue weighted by Gasteiger charge is -2.13. The van der Waals surface area contributed by atoms with E-state index < -0.39 is 5.25 Å². The number of halogens is 1. The number of amides is 1. The Morgan fingerprint density at radius 2 is 2.11 bits per heavy atom. The highest BCUT2D eigenvalue weighted by Crippen LogP contribution is 2.28. The van der Waals surface area contributed by atoms with Gasteiger partial charge in [-0.2, -0.15) is 0 Å². The molecule has 0 bridgehead atoms. The molecule has 9 heteroatoms. The van der Waals surface area contributed by atoms with Gasteiger partial charge >= 0.3 is 0 Å². The minimum Gasteiger partial charge on any atom is -0.322 e. The highest BCUT2D eigenvalue weighted by Gasteiger charge is 2.21. The van der Waals surface area contributed by atoms with Crippen molar-refractivity contribution in [2.24, 2.45) is 0 Å². The van der Waals surface area contributed by atoms with Crippen LogP contribution in [0.2, 0.25) is 5.15 Å². The summed E-state index contributed by atoms with van der Waals surface area (Å²) >= 11 is 7.30. The van der Waals surface area contributed by atoms with Gasteiger partial charge in [0.2, 0.25) is 5.91 Å². The van der Waals surface area contributed by atoms with Crippen LogP contribution in [0.5, 0.6) is 0 Å². The number of anilines is 1. The molecule has 0 saturated heterocycles. The number of rotatable bonds is 7. The van der Waals surface area contributed by atoms with Gasteiger partial charge in [0.05, 0.1) is 10.9 Å². The number of nitrogens with one attached hydrogen (secondary N) is 1. The van der Waals surface area contributed by atoms with Crippen molar-refractivity contribution in [2.75, 3.05) is 5.32 Å². The summed E-state index contributed by atoms with van der Waals surface area (Å²) in [7, 11) is 0. The largest absolute Gasteiger partial charge is 0.322 e. The third kappa shape index (κ3) is 4.53. The monoisotopic (exact) mass is 400 g/mol. The number of hydrogen-bond acceptors (Lipinski definition) is 6. The summed E-state index contributed by atoms with van der Waals surface area (Å²) in [4.78, 5) is 20.5. The molecule has 0 fully saturated rings. The van der Waals surface area contributed by atoms with Crippen LogP contribution in [-0.4, -0.2) is 35.9 Å². The quantitative estimate of drug-likeness (QED) is 0.370. The molecule has 1 N–H and O–H groups in total. The summed E-state index contributed by atoms with van der Waals surface area (Å²) in [5, 5.41) is 11.8. The zero-order chi connectivity index (χ0) is 19.2. The smallest absolute Gasteiger partial charge is 0.237 e. The number of carbonyl (C=O) groups is 1. The Kier molecular flexibility index (Phi) is 6.20. The van der Waals surface area contributed by atoms with E-state index in [0.717, 1.165) is 5.56 Å². The highest BCUT2D eigenvalue weighted by atomic mass is 35.5. The molecule has 1 atom stereocenters. The lowest BCUT2D eigenvalue weighted by atomic mass is 10.2. The second-order valence-corrected chi connectivity index (χ2v) is 7.20. The summed E-state index contributed by atoms with van der Waals surface area (Å²) in [5.41, 5.74) is 1.37. The minimum atomic E-state index is -0.417. The van der Waals surface area contributed by atoms with Crippen LogP contribution in [0.25, 0.3) is 11.4 Å². The first-order valence-electron chi connectivity index (χ1n) is 8.12. The number of thioether (sulfide) groups is 1. The maximum Gasteiger partial charge on any atom is 0.237 e. The van der Waals surface area contributed by atoms with E-state index >= 15 is 0 Å². The van der Waals surface area contributed by atoms with Gasteiger partial charge in [-0.1, -0.05) is 29.4 Å². The molecule has 3 heterocycles. The van der Waals surface area contributed by atoms with Crippen molar-refractivity contribution >= 4 is 35.0 Å². The van der Waals surface area contributed by atoms with Crippen LogP contribution in [0.3, 0.4) is 0 Å². The molecule has 3 aromatic rings. The molecule has 0 unspecified atom stereocenters. The molecular weight excluding hydrogens is 384 g/mol. The van der Waals surface area contributed by atoms with Crippen molar-refractivity contribution < 1.29 is 4.79 Å². The first-order chi connectivity index (χ1) is 13.1. The van der Waals surface area contributed by atoms with Crippen molar-refractivity contribution in [1.29, 1.82) is 0 Å². The first kappa shape index (κ1) is 19.1. The molecule has 0 radical (unpaired) electrons.